The highest BCUT2D eigenvalue weighted by atomic mass is 35.5. The van der Waals surface area contributed by atoms with Gasteiger partial charge in [-0.2, -0.15) is 0 Å². The van der Waals surface area contributed by atoms with Gasteiger partial charge in [0.05, 0.1) is 6.42 Å². The van der Waals surface area contributed by atoms with E-state index in [1.807, 2.05) is 0 Å². The number of hydrogen-bond donors (Lipinski definition) is 1. The van der Waals surface area contributed by atoms with Crippen LogP contribution in [-0.2, 0) is 20.7 Å². The van der Waals surface area contributed by atoms with Gasteiger partial charge in [-0.1, -0.05) is 40.9 Å². The van der Waals surface area contributed by atoms with Crippen LogP contribution >= 0.6 is 23.2 Å². The van der Waals surface area contributed by atoms with Crippen molar-refractivity contribution in [1.29, 1.82) is 0 Å². The molecule has 1 atom stereocenters. The zero-order chi connectivity index (χ0) is 18.2. The molecular weight excluding hydrogens is 361 g/mol. The monoisotopic (exact) mass is 383 g/mol. The first-order chi connectivity index (χ1) is 12.0. The summed E-state index contributed by atoms with van der Waals surface area (Å²) in [5.41, 5.74) is 2.02. The Morgan fingerprint density at radius 2 is 2.08 bits per heavy atom. The molecule has 0 saturated carbocycles. The van der Waals surface area contributed by atoms with E-state index in [0.29, 0.717) is 22.2 Å². The molecular formula is C19H23Cl2NO3. The van der Waals surface area contributed by atoms with Crippen molar-refractivity contribution in [2.75, 3.05) is 6.54 Å². The van der Waals surface area contributed by atoms with Crippen LogP contribution in [0.5, 0.6) is 0 Å². The Labute approximate surface area is 158 Å². The van der Waals surface area contributed by atoms with Gasteiger partial charge in [-0.3, -0.25) is 9.59 Å². The third kappa shape index (κ3) is 6.71. The first kappa shape index (κ1) is 19.8. The number of amides is 1. The molecule has 1 aliphatic rings. The fourth-order valence-corrected chi connectivity index (χ4v) is 3.21. The van der Waals surface area contributed by atoms with Gasteiger partial charge in [0.25, 0.3) is 5.91 Å². The Hall–Kier alpha value is -1.52. The maximum absolute atomic E-state index is 12.0. The average molecular weight is 384 g/mol. The number of rotatable bonds is 7. The molecule has 0 aliphatic heterocycles. The minimum atomic E-state index is -0.834. The van der Waals surface area contributed by atoms with E-state index in [1.165, 1.54) is 18.4 Å². The second kappa shape index (κ2) is 9.83. The molecule has 1 amide bonds. The van der Waals surface area contributed by atoms with Gasteiger partial charge < -0.3 is 10.1 Å². The van der Waals surface area contributed by atoms with Crippen LogP contribution in [0.1, 0.15) is 44.6 Å². The van der Waals surface area contributed by atoms with Crippen molar-refractivity contribution in [3.8, 4) is 0 Å². The highest BCUT2D eigenvalue weighted by molar-refractivity contribution is 6.35. The van der Waals surface area contributed by atoms with Crippen molar-refractivity contribution in [1.82, 2.24) is 5.32 Å². The summed E-state index contributed by atoms with van der Waals surface area (Å²) in [6, 6.07) is 4.91. The molecule has 136 valence electrons. The smallest absolute Gasteiger partial charge is 0.311 e. The molecule has 0 radical (unpaired) electrons. The van der Waals surface area contributed by atoms with Crippen molar-refractivity contribution < 1.29 is 14.3 Å². The van der Waals surface area contributed by atoms with E-state index in [9.17, 15) is 9.59 Å². The Morgan fingerprint density at radius 3 is 2.76 bits per heavy atom. The Morgan fingerprint density at radius 1 is 1.28 bits per heavy atom. The lowest BCUT2D eigenvalue weighted by Crippen LogP contribution is -2.36. The lowest BCUT2D eigenvalue weighted by atomic mass is 9.97. The summed E-state index contributed by atoms with van der Waals surface area (Å²) in [4.78, 5) is 24.0. The molecule has 0 unspecified atom stereocenters. The van der Waals surface area contributed by atoms with Crippen LogP contribution in [0.25, 0.3) is 0 Å². The third-order valence-corrected chi connectivity index (χ3v) is 4.74. The second-order valence-electron chi connectivity index (χ2n) is 6.19. The zero-order valence-electron chi connectivity index (χ0n) is 14.3. The van der Waals surface area contributed by atoms with E-state index < -0.39 is 12.1 Å². The second-order valence-corrected chi connectivity index (χ2v) is 7.04. The van der Waals surface area contributed by atoms with Crippen LogP contribution in [0.4, 0.5) is 0 Å². The minimum absolute atomic E-state index is 0.000504. The molecule has 0 spiro atoms. The molecule has 0 saturated heterocycles. The number of nitrogens with one attached hydrogen (secondary N) is 1. The minimum Gasteiger partial charge on any atom is -0.452 e. The first-order valence-electron chi connectivity index (χ1n) is 8.54. The molecule has 4 nitrogen and oxygen atoms in total. The average Bonchev–Trinajstić information content (AvgIpc) is 2.58. The van der Waals surface area contributed by atoms with Crippen LogP contribution < -0.4 is 5.32 Å². The van der Waals surface area contributed by atoms with E-state index >= 15 is 0 Å². The van der Waals surface area contributed by atoms with E-state index in [0.717, 1.165) is 19.3 Å². The quantitative estimate of drug-likeness (QED) is 0.557. The number of allylic oxidation sites excluding steroid dienone is 1. The number of ether oxygens (including phenoxy) is 1. The van der Waals surface area contributed by atoms with Crippen LogP contribution in [0, 0.1) is 0 Å². The molecule has 1 aromatic rings. The Kier molecular flexibility index (Phi) is 7.79. The third-order valence-electron chi connectivity index (χ3n) is 4.16. The number of carbonyl (C=O) groups is 2. The van der Waals surface area contributed by atoms with E-state index in [-0.39, 0.29) is 12.3 Å². The van der Waals surface area contributed by atoms with E-state index in [2.05, 4.69) is 11.4 Å². The summed E-state index contributed by atoms with van der Waals surface area (Å²) >= 11 is 11.9. The predicted octanol–water partition coefficient (Wildman–Crippen LogP) is 4.47. The molecule has 0 fully saturated rings. The molecule has 1 N–H and O–H groups in total. The van der Waals surface area contributed by atoms with E-state index in [4.69, 9.17) is 27.9 Å². The van der Waals surface area contributed by atoms with Crippen molar-refractivity contribution >= 4 is 35.1 Å². The normalized spacial score (nSPS) is 15.2. The summed E-state index contributed by atoms with van der Waals surface area (Å²) < 4.78 is 5.19. The van der Waals surface area contributed by atoms with Gasteiger partial charge in [0.1, 0.15) is 0 Å². The van der Waals surface area contributed by atoms with Crippen LogP contribution in [0.2, 0.25) is 10.0 Å². The fraction of sp³-hybridized carbons (Fsp3) is 0.474. The maximum atomic E-state index is 12.0. The summed E-state index contributed by atoms with van der Waals surface area (Å²) in [6.45, 7) is 2.13. The van der Waals surface area contributed by atoms with Crippen LogP contribution in [0.15, 0.2) is 29.8 Å². The van der Waals surface area contributed by atoms with Gasteiger partial charge >= 0.3 is 5.97 Å². The number of hydrogen-bond acceptors (Lipinski definition) is 3. The van der Waals surface area contributed by atoms with Crippen LogP contribution in [-0.4, -0.2) is 24.5 Å². The molecule has 0 heterocycles. The summed E-state index contributed by atoms with van der Waals surface area (Å²) in [7, 11) is 0. The molecule has 1 aliphatic carbocycles. The molecule has 1 aromatic carbocycles. The van der Waals surface area contributed by atoms with Crippen molar-refractivity contribution in [3.05, 3.63) is 45.5 Å². The highest BCUT2D eigenvalue weighted by Crippen LogP contribution is 2.22. The Bertz CT molecular complexity index is 658. The van der Waals surface area contributed by atoms with Gasteiger partial charge in [0.2, 0.25) is 0 Å². The SMILES string of the molecule is C[C@@H](OC(=O)Cc1ccc(Cl)cc1Cl)C(=O)NCCC1=CCCCC1. The molecule has 25 heavy (non-hydrogen) atoms. The van der Waals surface area contributed by atoms with Crippen molar-refractivity contribution in [2.45, 2.75) is 51.6 Å². The summed E-state index contributed by atoms with van der Waals surface area (Å²) in [5.74, 6) is -0.783. The number of halogens is 2. The lowest BCUT2D eigenvalue weighted by molar-refractivity contribution is -0.154. The number of carbonyl (C=O) groups excluding carboxylic acids is 2. The fourth-order valence-electron chi connectivity index (χ4n) is 2.73. The highest BCUT2D eigenvalue weighted by Gasteiger charge is 2.18. The summed E-state index contributed by atoms with van der Waals surface area (Å²) in [5, 5.41) is 3.72. The first-order valence-corrected chi connectivity index (χ1v) is 9.30. The van der Waals surface area contributed by atoms with Gasteiger partial charge in [-0.15, -0.1) is 0 Å². The molecule has 6 heteroatoms. The largest absolute Gasteiger partial charge is 0.452 e. The molecule has 0 bridgehead atoms. The van der Waals surface area contributed by atoms with Gasteiger partial charge in [0, 0.05) is 16.6 Å². The maximum Gasteiger partial charge on any atom is 0.311 e. The standard InChI is InChI=1S/C19H23Cl2NO3/c1-13(19(24)22-10-9-14-5-3-2-4-6-14)25-18(23)11-15-7-8-16(20)12-17(15)21/h5,7-8,12-13H,2-4,6,9-11H2,1H3,(H,22,24)/t13-/m1/s1. The van der Waals surface area contributed by atoms with Crippen LogP contribution in [0.3, 0.4) is 0 Å². The van der Waals surface area contributed by atoms with Crippen molar-refractivity contribution in [3.63, 3.8) is 0 Å². The summed E-state index contributed by atoms with van der Waals surface area (Å²) in [6.07, 6.45) is 7.00. The zero-order valence-corrected chi connectivity index (χ0v) is 15.8. The van der Waals surface area contributed by atoms with E-state index in [1.54, 1.807) is 25.1 Å². The predicted molar refractivity (Wildman–Crippen MR) is 99.9 cm³/mol. The van der Waals surface area contributed by atoms with Gasteiger partial charge in [0.15, 0.2) is 6.10 Å². The lowest BCUT2D eigenvalue weighted by Gasteiger charge is -2.16. The number of esters is 1. The number of benzene rings is 1. The molecule has 0 aromatic heterocycles. The Balaban J connectivity index is 1.73. The topological polar surface area (TPSA) is 55.4 Å². The van der Waals surface area contributed by atoms with Gasteiger partial charge in [-0.05, 0) is 56.7 Å². The molecule has 2 rings (SSSR count). The van der Waals surface area contributed by atoms with Gasteiger partial charge in [-0.25, -0.2) is 0 Å². The van der Waals surface area contributed by atoms with Crippen molar-refractivity contribution in [2.24, 2.45) is 0 Å².